The van der Waals surface area contributed by atoms with Crippen LogP contribution in [-0.2, 0) is 9.53 Å². The second-order valence-electron chi connectivity index (χ2n) is 6.02. The lowest BCUT2D eigenvalue weighted by Crippen LogP contribution is -2.53. The number of anilines is 1. The molecule has 1 aliphatic rings. The molecule has 0 spiro atoms. The predicted molar refractivity (Wildman–Crippen MR) is 92.0 cm³/mol. The van der Waals surface area contributed by atoms with Gasteiger partial charge in [0.1, 0.15) is 5.60 Å². The first-order valence-corrected chi connectivity index (χ1v) is 7.92. The van der Waals surface area contributed by atoms with E-state index in [2.05, 4.69) is 6.58 Å². The van der Waals surface area contributed by atoms with Crippen molar-refractivity contribution in [1.29, 1.82) is 0 Å². The SMILES string of the molecule is C=CC(=O)N(C)c1ccc(C(=O)N2CCCC(CO)(OC)C2)cc1. The van der Waals surface area contributed by atoms with Gasteiger partial charge in [-0.3, -0.25) is 9.59 Å². The molecule has 0 saturated carbocycles. The maximum absolute atomic E-state index is 12.7. The van der Waals surface area contributed by atoms with Crippen molar-refractivity contribution in [2.75, 3.05) is 38.8 Å². The number of ether oxygens (including phenoxy) is 1. The number of aliphatic hydroxyl groups is 1. The number of carbonyl (C=O) groups excluding carboxylic acids is 2. The molecule has 130 valence electrons. The van der Waals surface area contributed by atoms with E-state index in [-0.39, 0.29) is 18.4 Å². The molecule has 0 radical (unpaired) electrons. The second-order valence-corrected chi connectivity index (χ2v) is 6.02. The lowest BCUT2D eigenvalue weighted by Gasteiger charge is -2.40. The molecule has 1 heterocycles. The fourth-order valence-electron chi connectivity index (χ4n) is 2.91. The molecule has 1 aliphatic heterocycles. The van der Waals surface area contributed by atoms with Gasteiger partial charge in [0.25, 0.3) is 5.91 Å². The number of nitrogens with zero attached hydrogens (tertiary/aromatic N) is 2. The van der Waals surface area contributed by atoms with Crippen molar-refractivity contribution in [3.05, 3.63) is 42.5 Å². The van der Waals surface area contributed by atoms with Crippen molar-refractivity contribution >= 4 is 17.5 Å². The van der Waals surface area contributed by atoms with Gasteiger partial charge in [-0.2, -0.15) is 0 Å². The predicted octanol–water partition coefficient (Wildman–Crippen LogP) is 1.45. The number of likely N-dealkylation sites (N-methyl/N-ethyl adjacent to an activating group) is 1. The Bertz CT molecular complexity index is 608. The summed E-state index contributed by atoms with van der Waals surface area (Å²) in [6.07, 6.45) is 2.76. The molecule has 1 aromatic rings. The molecule has 6 nitrogen and oxygen atoms in total. The molecule has 1 saturated heterocycles. The largest absolute Gasteiger partial charge is 0.393 e. The van der Waals surface area contributed by atoms with Crippen LogP contribution in [0.5, 0.6) is 0 Å². The zero-order valence-corrected chi connectivity index (χ0v) is 14.2. The second kappa shape index (κ2) is 7.59. The molecule has 6 heteroatoms. The van der Waals surface area contributed by atoms with Gasteiger partial charge in [-0.05, 0) is 43.2 Å². The molecule has 0 bridgehead atoms. The number of piperidine rings is 1. The minimum atomic E-state index is -0.676. The van der Waals surface area contributed by atoms with E-state index in [9.17, 15) is 14.7 Å². The van der Waals surface area contributed by atoms with Crippen molar-refractivity contribution in [3.63, 3.8) is 0 Å². The van der Waals surface area contributed by atoms with E-state index in [1.54, 1.807) is 43.3 Å². The van der Waals surface area contributed by atoms with E-state index < -0.39 is 5.60 Å². The minimum absolute atomic E-state index is 0.103. The van der Waals surface area contributed by atoms with Crippen LogP contribution in [0, 0.1) is 0 Å². The van der Waals surface area contributed by atoms with Gasteiger partial charge in [0.15, 0.2) is 0 Å². The van der Waals surface area contributed by atoms with Crippen LogP contribution in [0.4, 0.5) is 5.69 Å². The number of carbonyl (C=O) groups is 2. The first-order chi connectivity index (χ1) is 11.5. The molecule has 1 unspecified atom stereocenters. The van der Waals surface area contributed by atoms with Gasteiger partial charge in [0, 0.05) is 32.0 Å². The van der Waals surface area contributed by atoms with Gasteiger partial charge < -0.3 is 19.6 Å². The van der Waals surface area contributed by atoms with E-state index in [0.717, 1.165) is 12.8 Å². The molecule has 24 heavy (non-hydrogen) atoms. The van der Waals surface area contributed by atoms with Gasteiger partial charge in [-0.15, -0.1) is 0 Å². The molecule has 1 fully saturated rings. The van der Waals surface area contributed by atoms with Gasteiger partial charge in [-0.25, -0.2) is 0 Å². The Morgan fingerprint density at radius 2 is 2.08 bits per heavy atom. The number of rotatable bonds is 5. The quantitative estimate of drug-likeness (QED) is 0.829. The molecule has 1 atom stereocenters. The number of methoxy groups -OCH3 is 1. The number of hydrogen-bond donors (Lipinski definition) is 1. The van der Waals surface area contributed by atoms with E-state index in [1.165, 1.54) is 11.0 Å². The summed E-state index contributed by atoms with van der Waals surface area (Å²) in [7, 11) is 3.21. The van der Waals surface area contributed by atoms with E-state index >= 15 is 0 Å². The topological polar surface area (TPSA) is 70.1 Å². The van der Waals surface area contributed by atoms with Crippen molar-refractivity contribution < 1.29 is 19.4 Å². The van der Waals surface area contributed by atoms with Crippen LogP contribution in [0.25, 0.3) is 0 Å². The van der Waals surface area contributed by atoms with Crippen LogP contribution in [0.2, 0.25) is 0 Å². The standard InChI is InChI=1S/C18H24N2O4/c1-4-16(22)19(2)15-8-6-14(7-9-15)17(23)20-11-5-10-18(12-20,13-21)24-3/h4,6-9,21H,1,5,10-13H2,2-3H3. The third-order valence-electron chi connectivity index (χ3n) is 4.55. The normalized spacial score (nSPS) is 20.5. The number of benzene rings is 1. The average Bonchev–Trinajstić information content (AvgIpc) is 2.66. The molecule has 0 aromatic heterocycles. The molecule has 0 aliphatic carbocycles. The van der Waals surface area contributed by atoms with Crippen molar-refractivity contribution in [2.24, 2.45) is 0 Å². The first-order valence-electron chi connectivity index (χ1n) is 7.92. The van der Waals surface area contributed by atoms with Crippen LogP contribution < -0.4 is 4.90 Å². The van der Waals surface area contributed by atoms with Crippen LogP contribution in [0.3, 0.4) is 0 Å². The summed E-state index contributed by atoms with van der Waals surface area (Å²) in [5.74, 6) is -0.313. The number of hydrogen-bond acceptors (Lipinski definition) is 4. The third-order valence-corrected chi connectivity index (χ3v) is 4.55. The van der Waals surface area contributed by atoms with Crippen molar-refractivity contribution in [3.8, 4) is 0 Å². The molecular weight excluding hydrogens is 308 g/mol. The summed E-state index contributed by atoms with van der Waals surface area (Å²) in [5.41, 5.74) is 0.560. The van der Waals surface area contributed by atoms with Crippen molar-refractivity contribution in [2.45, 2.75) is 18.4 Å². The van der Waals surface area contributed by atoms with Gasteiger partial charge >= 0.3 is 0 Å². The zero-order chi connectivity index (χ0) is 17.7. The summed E-state index contributed by atoms with van der Waals surface area (Å²) in [4.78, 5) is 27.5. The lowest BCUT2D eigenvalue weighted by atomic mass is 9.93. The highest BCUT2D eigenvalue weighted by Gasteiger charge is 2.37. The van der Waals surface area contributed by atoms with E-state index in [0.29, 0.717) is 24.3 Å². The zero-order valence-electron chi connectivity index (χ0n) is 14.2. The Kier molecular flexibility index (Phi) is 5.75. The highest BCUT2D eigenvalue weighted by Crippen LogP contribution is 2.25. The van der Waals surface area contributed by atoms with Gasteiger partial charge in [0.2, 0.25) is 5.91 Å². The minimum Gasteiger partial charge on any atom is -0.393 e. The van der Waals surface area contributed by atoms with Crippen LogP contribution in [0.15, 0.2) is 36.9 Å². The Morgan fingerprint density at radius 1 is 1.42 bits per heavy atom. The fraction of sp³-hybridized carbons (Fsp3) is 0.444. The summed E-state index contributed by atoms with van der Waals surface area (Å²) in [6, 6.07) is 6.86. The highest BCUT2D eigenvalue weighted by atomic mass is 16.5. The summed E-state index contributed by atoms with van der Waals surface area (Å²) in [6.45, 7) is 4.36. The molecule has 2 amide bonds. The van der Waals surface area contributed by atoms with Crippen LogP contribution in [0.1, 0.15) is 23.2 Å². The third kappa shape index (κ3) is 3.66. The lowest BCUT2D eigenvalue weighted by molar-refractivity contribution is -0.113. The first kappa shape index (κ1) is 18.2. The Hall–Kier alpha value is -2.18. The van der Waals surface area contributed by atoms with Gasteiger partial charge in [0.05, 0.1) is 13.2 Å². The monoisotopic (exact) mass is 332 g/mol. The highest BCUT2D eigenvalue weighted by molar-refractivity contribution is 6.01. The van der Waals surface area contributed by atoms with Gasteiger partial charge in [-0.1, -0.05) is 6.58 Å². The summed E-state index contributed by atoms with van der Waals surface area (Å²) >= 11 is 0. The van der Waals surface area contributed by atoms with E-state index in [1.807, 2.05) is 0 Å². The Labute approximate surface area is 142 Å². The van der Waals surface area contributed by atoms with E-state index in [4.69, 9.17) is 4.74 Å². The molecular formula is C18H24N2O4. The van der Waals surface area contributed by atoms with Crippen LogP contribution >= 0.6 is 0 Å². The summed E-state index contributed by atoms with van der Waals surface area (Å²) in [5, 5.41) is 9.58. The number of likely N-dealkylation sites (tertiary alicyclic amines) is 1. The molecule has 2 rings (SSSR count). The summed E-state index contributed by atoms with van der Waals surface area (Å²) < 4.78 is 5.44. The fourth-order valence-corrected chi connectivity index (χ4v) is 2.91. The number of amides is 2. The maximum atomic E-state index is 12.7. The molecule has 1 N–H and O–H groups in total. The molecule has 1 aromatic carbocycles. The smallest absolute Gasteiger partial charge is 0.253 e. The Morgan fingerprint density at radius 3 is 2.62 bits per heavy atom. The average molecular weight is 332 g/mol. The van der Waals surface area contributed by atoms with Crippen LogP contribution in [-0.4, -0.2) is 61.3 Å². The number of aliphatic hydroxyl groups excluding tert-OH is 1. The maximum Gasteiger partial charge on any atom is 0.253 e. The van der Waals surface area contributed by atoms with Crippen molar-refractivity contribution in [1.82, 2.24) is 4.90 Å². The Balaban J connectivity index is 2.12.